The third-order valence-corrected chi connectivity index (χ3v) is 6.18. The maximum Gasteiger partial charge on any atom is 0.257 e. The number of carbonyl (C=O) groups excluding carboxylic acids is 1. The molecule has 0 aliphatic rings. The largest absolute Gasteiger partial charge is 0.285 e. The molecule has 1 N–H and O–H groups in total. The smallest absolute Gasteiger partial charge is 0.257 e. The van der Waals surface area contributed by atoms with E-state index in [-0.39, 0.29) is 5.75 Å². The summed E-state index contributed by atoms with van der Waals surface area (Å²) in [6.45, 7) is 3.80. The highest BCUT2D eigenvalue weighted by atomic mass is 35.5. The number of hydrogen-bond donors (Lipinski definition) is 1. The second-order valence-electron chi connectivity index (χ2n) is 7.02. The van der Waals surface area contributed by atoms with Crippen LogP contribution in [0.15, 0.2) is 30.6 Å². The summed E-state index contributed by atoms with van der Waals surface area (Å²) in [5.74, 6) is -0.0589. The average molecular weight is 450 g/mol. The van der Waals surface area contributed by atoms with Crippen LogP contribution in [-0.2, 0) is 21.9 Å². The number of amides is 1. The highest BCUT2D eigenvalue weighted by molar-refractivity contribution is 7.90. The van der Waals surface area contributed by atoms with E-state index in [1.807, 2.05) is 36.7 Å². The summed E-state index contributed by atoms with van der Waals surface area (Å²) in [5, 5.41) is 5.84. The van der Waals surface area contributed by atoms with E-state index in [1.54, 1.807) is 24.0 Å². The van der Waals surface area contributed by atoms with Gasteiger partial charge in [-0.25, -0.2) is 18.1 Å². The molecule has 0 aromatic carbocycles. The molecule has 0 saturated carbocycles. The molecule has 0 aliphatic carbocycles. The first-order valence-corrected chi connectivity index (χ1v) is 11.6. The zero-order chi connectivity index (χ0) is 21.9. The van der Waals surface area contributed by atoms with Crippen molar-refractivity contribution in [2.24, 2.45) is 7.05 Å². The molecule has 0 atom stereocenters. The molecule has 1 amide bonds. The molecule has 3 rings (SSSR count). The van der Waals surface area contributed by atoms with Gasteiger partial charge in [0.1, 0.15) is 11.5 Å². The Morgan fingerprint density at radius 2 is 2.10 bits per heavy atom. The predicted molar refractivity (Wildman–Crippen MR) is 118 cm³/mol. The molecule has 30 heavy (non-hydrogen) atoms. The SMILES string of the molecule is CCCCCS(=O)(=O)NC(=O)/C=C/c1c(C)nn(C)c1-n1ccc2cc(Cl)cnc21. The minimum atomic E-state index is -3.65. The van der Waals surface area contributed by atoms with Crippen LogP contribution in [0.2, 0.25) is 5.02 Å². The number of pyridine rings is 1. The van der Waals surface area contributed by atoms with Crippen LogP contribution in [0.3, 0.4) is 0 Å². The van der Waals surface area contributed by atoms with Crippen molar-refractivity contribution in [3.05, 3.63) is 46.9 Å². The van der Waals surface area contributed by atoms with E-state index in [9.17, 15) is 13.2 Å². The number of aromatic nitrogens is 4. The maximum atomic E-state index is 12.2. The Hall–Kier alpha value is -2.65. The Morgan fingerprint density at radius 1 is 1.33 bits per heavy atom. The molecule has 0 aliphatic heterocycles. The lowest BCUT2D eigenvalue weighted by atomic mass is 10.2. The van der Waals surface area contributed by atoms with E-state index in [0.717, 1.165) is 18.2 Å². The standard InChI is InChI=1S/C20H24ClN5O3S/c1-4-5-6-11-30(28,29)24-18(27)8-7-17-14(2)23-25(3)20(17)26-10-9-15-12-16(21)13-22-19(15)26/h7-10,12-13H,4-6,11H2,1-3H3,(H,24,27)/b8-7+. The highest BCUT2D eigenvalue weighted by Crippen LogP contribution is 2.25. The molecule has 0 unspecified atom stereocenters. The molecule has 0 radical (unpaired) electrons. The second-order valence-corrected chi connectivity index (χ2v) is 9.30. The van der Waals surface area contributed by atoms with Crippen molar-refractivity contribution < 1.29 is 13.2 Å². The zero-order valence-corrected chi connectivity index (χ0v) is 18.7. The van der Waals surface area contributed by atoms with E-state index in [2.05, 4.69) is 14.8 Å². The van der Waals surface area contributed by atoms with E-state index in [1.165, 1.54) is 6.08 Å². The van der Waals surface area contributed by atoms with E-state index >= 15 is 0 Å². The van der Waals surface area contributed by atoms with Gasteiger partial charge in [-0.05, 0) is 31.6 Å². The van der Waals surface area contributed by atoms with Crippen molar-refractivity contribution in [3.8, 4) is 5.82 Å². The lowest BCUT2D eigenvalue weighted by molar-refractivity contribution is -0.114. The van der Waals surface area contributed by atoms with Gasteiger partial charge >= 0.3 is 0 Å². The fourth-order valence-corrected chi connectivity index (χ4v) is 4.48. The van der Waals surface area contributed by atoms with Gasteiger partial charge < -0.3 is 0 Å². The van der Waals surface area contributed by atoms with Gasteiger partial charge in [0.25, 0.3) is 5.91 Å². The molecular formula is C20H24ClN5O3S. The number of unbranched alkanes of at least 4 members (excludes halogenated alkanes) is 2. The number of aryl methyl sites for hydroxylation is 2. The Labute approximate surface area is 180 Å². The topological polar surface area (TPSA) is 98.9 Å². The normalized spacial score (nSPS) is 12.1. The van der Waals surface area contributed by atoms with Gasteiger partial charge in [-0.1, -0.05) is 31.4 Å². The van der Waals surface area contributed by atoms with Gasteiger partial charge in [-0.2, -0.15) is 5.10 Å². The summed E-state index contributed by atoms with van der Waals surface area (Å²) in [5.41, 5.74) is 2.07. The Morgan fingerprint density at radius 3 is 2.83 bits per heavy atom. The van der Waals surface area contributed by atoms with Crippen molar-refractivity contribution in [3.63, 3.8) is 0 Å². The molecule has 0 spiro atoms. The molecular weight excluding hydrogens is 426 g/mol. The molecule has 0 fully saturated rings. The van der Waals surface area contributed by atoms with Crippen LogP contribution in [-0.4, -0.2) is 39.4 Å². The number of hydrogen-bond acceptors (Lipinski definition) is 5. The second kappa shape index (κ2) is 9.01. The first kappa shape index (κ1) is 22.0. The molecule has 3 heterocycles. The molecule has 3 aromatic heterocycles. The summed E-state index contributed by atoms with van der Waals surface area (Å²) in [7, 11) is -1.86. The number of nitrogens with one attached hydrogen (secondary N) is 1. The van der Waals surface area contributed by atoms with Crippen LogP contribution in [0.1, 0.15) is 37.4 Å². The lowest BCUT2D eigenvalue weighted by Gasteiger charge is -2.07. The van der Waals surface area contributed by atoms with Gasteiger partial charge in [0.05, 0.1) is 16.5 Å². The van der Waals surface area contributed by atoms with E-state index in [4.69, 9.17) is 11.6 Å². The molecule has 0 saturated heterocycles. The number of sulfonamides is 1. The van der Waals surface area contributed by atoms with E-state index < -0.39 is 15.9 Å². The van der Waals surface area contributed by atoms with Crippen LogP contribution in [0.5, 0.6) is 0 Å². The van der Waals surface area contributed by atoms with Gasteiger partial charge in [0.2, 0.25) is 10.0 Å². The number of nitrogens with zero attached hydrogens (tertiary/aromatic N) is 4. The van der Waals surface area contributed by atoms with Crippen LogP contribution >= 0.6 is 11.6 Å². The van der Waals surface area contributed by atoms with Crippen LogP contribution in [0.25, 0.3) is 22.9 Å². The molecule has 160 valence electrons. The summed E-state index contributed by atoms with van der Waals surface area (Å²) in [6, 6.07) is 3.70. The number of rotatable bonds is 8. The monoisotopic (exact) mass is 449 g/mol. The van der Waals surface area contributed by atoms with Gasteiger partial charge in [-0.15, -0.1) is 0 Å². The van der Waals surface area contributed by atoms with Gasteiger partial charge in [0, 0.05) is 36.5 Å². The number of fused-ring (bicyclic) bond motifs is 1. The van der Waals surface area contributed by atoms with Crippen molar-refractivity contribution in [2.75, 3.05) is 5.75 Å². The average Bonchev–Trinajstić information content (AvgIpc) is 3.18. The third kappa shape index (κ3) is 4.91. The molecule has 10 heteroatoms. The van der Waals surface area contributed by atoms with Crippen molar-refractivity contribution in [2.45, 2.75) is 33.1 Å². The fourth-order valence-electron chi connectivity index (χ4n) is 3.25. The van der Waals surface area contributed by atoms with Gasteiger partial charge in [0.15, 0.2) is 0 Å². The van der Waals surface area contributed by atoms with Crippen molar-refractivity contribution in [1.82, 2.24) is 24.1 Å². The Balaban J connectivity index is 1.88. The fraction of sp³-hybridized carbons (Fsp3) is 0.350. The zero-order valence-electron chi connectivity index (χ0n) is 17.1. The predicted octanol–water partition coefficient (Wildman–Crippen LogP) is 3.37. The molecule has 0 bridgehead atoms. The van der Waals surface area contributed by atoms with Crippen molar-refractivity contribution in [1.29, 1.82) is 0 Å². The first-order valence-electron chi connectivity index (χ1n) is 9.61. The summed E-state index contributed by atoms with van der Waals surface area (Å²) in [6.07, 6.45) is 8.41. The molecule has 8 nitrogen and oxygen atoms in total. The maximum absolute atomic E-state index is 12.2. The third-order valence-electron chi connectivity index (χ3n) is 4.63. The summed E-state index contributed by atoms with van der Waals surface area (Å²) < 4.78 is 29.7. The Bertz CT molecular complexity index is 1210. The van der Waals surface area contributed by atoms with Crippen molar-refractivity contribution >= 4 is 44.6 Å². The minimum Gasteiger partial charge on any atom is -0.285 e. The van der Waals surface area contributed by atoms with Crippen LogP contribution in [0.4, 0.5) is 0 Å². The highest BCUT2D eigenvalue weighted by Gasteiger charge is 2.17. The lowest BCUT2D eigenvalue weighted by Crippen LogP contribution is -2.31. The number of halogens is 1. The summed E-state index contributed by atoms with van der Waals surface area (Å²) in [4.78, 5) is 16.6. The minimum absolute atomic E-state index is 0.0683. The van der Waals surface area contributed by atoms with E-state index in [0.29, 0.717) is 34.2 Å². The number of carbonyl (C=O) groups is 1. The van der Waals surface area contributed by atoms with Crippen LogP contribution < -0.4 is 4.72 Å². The first-order chi connectivity index (χ1) is 14.2. The quantitative estimate of drug-likeness (QED) is 0.420. The van der Waals surface area contributed by atoms with Gasteiger partial charge in [-0.3, -0.25) is 14.0 Å². The Kier molecular flexibility index (Phi) is 6.62. The molecule has 3 aromatic rings. The van der Waals surface area contributed by atoms with Crippen LogP contribution in [0, 0.1) is 6.92 Å². The summed E-state index contributed by atoms with van der Waals surface area (Å²) >= 11 is 6.02.